The van der Waals surface area contributed by atoms with E-state index in [4.69, 9.17) is 4.74 Å². The molecule has 0 aliphatic heterocycles. The van der Waals surface area contributed by atoms with Gasteiger partial charge in [-0.1, -0.05) is 6.92 Å². The predicted octanol–water partition coefficient (Wildman–Crippen LogP) is 1.55. The van der Waals surface area contributed by atoms with Gasteiger partial charge in [0.2, 0.25) is 11.8 Å². The molecular weight excluding hydrogens is 232 g/mol. The summed E-state index contributed by atoms with van der Waals surface area (Å²) in [6, 6.07) is 7.07. The first kappa shape index (κ1) is 14.0. The Bertz CT molecular complexity index is 401. The minimum atomic E-state index is -0.249. The average molecular weight is 250 g/mol. The fraction of sp³-hybridized carbons (Fsp3) is 0.385. The van der Waals surface area contributed by atoms with Crippen molar-refractivity contribution in [3.63, 3.8) is 0 Å². The Hall–Kier alpha value is -2.04. The second kappa shape index (κ2) is 7.32. The van der Waals surface area contributed by atoms with Crippen molar-refractivity contribution in [2.45, 2.75) is 20.3 Å². The van der Waals surface area contributed by atoms with Gasteiger partial charge in [0.15, 0.2) is 0 Å². The van der Waals surface area contributed by atoms with Gasteiger partial charge in [-0.2, -0.15) is 0 Å². The normalized spacial score (nSPS) is 9.67. The van der Waals surface area contributed by atoms with Crippen molar-refractivity contribution in [2.24, 2.45) is 0 Å². The number of rotatable bonds is 6. The summed E-state index contributed by atoms with van der Waals surface area (Å²) in [7, 11) is 0. The van der Waals surface area contributed by atoms with Gasteiger partial charge in [-0.05, 0) is 31.2 Å². The summed E-state index contributed by atoms with van der Waals surface area (Å²) in [5, 5.41) is 5.19. The highest BCUT2D eigenvalue weighted by Crippen LogP contribution is 2.15. The fourth-order valence-electron chi connectivity index (χ4n) is 1.31. The Labute approximate surface area is 107 Å². The van der Waals surface area contributed by atoms with Crippen molar-refractivity contribution in [2.75, 3.05) is 18.5 Å². The van der Waals surface area contributed by atoms with Gasteiger partial charge < -0.3 is 15.4 Å². The van der Waals surface area contributed by atoms with Crippen molar-refractivity contribution < 1.29 is 14.3 Å². The van der Waals surface area contributed by atoms with E-state index in [2.05, 4.69) is 10.6 Å². The highest BCUT2D eigenvalue weighted by atomic mass is 16.5. The molecule has 1 aromatic carbocycles. The Kier molecular flexibility index (Phi) is 5.70. The molecule has 0 radical (unpaired) electrons. The van der Waals surface area contributed by atoms with Crippen LogP contribution in [0.25, 0.3) is 0 Å². The van der Waals surface area contributed by atoms with E-state index >= 15 is 0 Å². The van der Waals surface area contributed by atoms with E-state index in [1.807, 2.05) is 6.92 Å². The maximum Gasteiger partial charge on any atom is 0.243 e. The number of amides is 2. The van der Waals surface area contributed by atoms with E-state index in [1.165, 1.54) is 0 Å². The molecule has 2 N–H and O–H groups in total. The number of carbonyl (C=O) groups excluding carboxylic acids is 2. The number of anilines is 1. The first-order valence-corrected chi connectivity index (χ1v) is 5.95. The molecule has 0 spiro atoms. The zero-order chi connectivity index (χ0) is 13.4. The first-order valence-electron chi connectivity index (χ1n) is 5.95. The summed E-state index contributed by atoms with van der Waals surface area (Å²) >= 11 is 0. The molecule has 0 saturated carbocycles. The van der Waals surface area contributed by atoms with Crippen molar-refractivity contribution in [3.8, 4) is 5.75 Å². The molecule has 2 amide bonds. The maximum absolute atomic E-state index is 11.5. The van der Waals surface area contributed by atoms with Crippen LogP contribution >= 0.6 is 0 Å². The van der Waals surface area contributed by atoms with Gasteiger partial charge in [-0.3, -0.25) is 9.59 Å². The first-order chi connectivity index (χ1) is 8.65. The summed E-state index contributed by atoms with van der Waals surface area (Å²) in [4.78, 5) is 22.5. The minimum absolute atomic E-state index is 0.0140. The van der Waals surface area contributed by atoms with Gasteiger partial charge in [0.25, 0.3) is 0 Å². The SMILES string of the molecule is CCOc1ccc(NC(=O)CNC(=O)CC)cc1. The van der Waals surface area contributed by atoms with Crippen LogP contribution in [0.3, 0.4) is 0 Å². The van der Waals surface area contributed by atoms with Crippen molar-refractivity contribution in [3.05, 3.63) is 24.3 Å². The van der Waals surface area contributed by atoms with E-state index in [-0.39, 0.29) is 18.4 Å². The molecule has 1 aromatic rings. The second-order valence-corrected chi connectivity index (χ2v) is 3.64. The Balaban J connectivity index is 2.42. The topological polar surface area (TPSA) is 67.4 Å². The monoisotopic (exact) mass is 250 g/mol. The highest BCUT2D eigenvalue weighted by molar-refractivity contribution is 5.94. The Morgan fingerprint density at radius 3 is 2.33 bits per heavy atom. The lowest BCUT2D eigenvalue weighted by Crippen LogP contribution is -2.32. The maximum atomic E-state index is 11.5. The van der Waals surface area contributed by atoms with Crippen LogP contribution in [-0.2, 0) is 9.59 Å². The van der Waals surface area contributed by atoms with Crippen LogP contribution in [0.1, 0.15) is 20.3 Å². The van der Waals surface area contributed by atoms with Gasteiger partial charge in [0.1, 0.15) is 5.75 Å². The number of benzene rings is 1. The quantitative estimate of drug-likeness (QED) is 0.805. The van der Waals surface area contributed by atoms with Crippen molar-refractivity contribution in [1.82, 2.24) is 5.32 Å². The number of carbonyl (C=O) groups is 2. The predicted molar refractivity (Wildman–Crippen MR) is 69.5 cm³/mol. The molecule has 18 heavy (non-hydrogen) atoms. The van der Waals surface area contributed by atoms with Gasteiger partial charge in [-0.25, -0.2) is 0 Å². The van der Waals surface area contributed by atoms with E-state index in [0.717, 1.165) is 5.75 Å². The van der Waals surface area contributed by atoms with Crippen molar-refractivity contribution in [1.29, 1.82) is 0 Å². The Morgan fingerprint density at radius 1 is 1.11 bits per heavy atom. The van der Waals surface area contributed by atoms with Crippen LogP contribution in [0, 0.1) is 0 Å². The molecular formula is C13H18N2O3. The fourth-order valence-corrected chi connectivity index (χ4v) is 1.31. The van der Waals surface area contributed by atoms with Crippen LogP contribution < -0.4 is 15.4 Å². The van der Waals surface area contributed by atoms with E-state index < -0.39 is 0 Å². The molecule has 1 rings (SSSR count). The summed E-state index contributed by atoms with van der Waals surface area (Å²) < 4.78 is 5.29. The number of hydrogen-bond acceptors (Lipinski definition) is 3. The second-order valence-electron chi connectivity index (χ2n) is 3.64. The third kappa shape index (κ3) is 4.86. The molecule has 0 fully saturated rings. The van der Waals surface area contributed by atoms with Crippen LogP contribution in [0.2, 0.25) is 0 Å². The summed E-state index contributed by atoms with van der Waals surface area (Å²) in [6.45, 7) is 4.24. The standard InChI is InChI=1S/C13H18N2O3/c1-3-12(16)14-9-13(17)15-10-5-7-11(8-6-10)18-4-2/h5-8H,3-4,9H2,1-2H3,(H,14,16)(H,15,17). The molecule has 0 aliphatic carbocycles. The molecule has 0 unspecified atom stereocenters. The Morgan fingerprint density at radius 2 is 1.78 bits per heavy atom. The minimum Gasteiger partial charge on any atom is -0.494 e. The van der Waals surface area contributed by atoms with Gasteiger partial charge >= 0.3 is 0 Å². The van der Waals surface area contributed by atoms with E-state index in [0.29, 0.717) is 18.7 Å². The van der Waals surface area contributed by atoms with Gasteiger partial charge in [0.05, 0.1) is 13.2 Å². The van der Waals surface area contributed by atoms with Gasteiger partial charge in [-0.15, -0.1) is 0 Å². The van der Waals surface area contributed by atoms with Crippen molar-refractivity contribution >= 4 is 17.5 Å². The largest absolute Gasteiger partial charge is 0.494 e. The molecule has 0 aromatic heterocycles. The molecule has 5 heteroatoms. The van der Waals surface area contributed by atoms with Crippen LogP contribution in [-0.4, -0.2) is 25.0 Å². The zero-order valence-electron chi connectivity index (χ0n) is 10.7. The lowest BCUT2D eigenvalue weighted by Gasteiger charge is -2.07. The van der Waals surface area contributed by atoms with Crippen LogP contribution in [0.4, 0.5) is 5.69 Å². The number of hydrogen-bond donors (Lipinski definition) is 2. The summed E-state index contributed by atoms with van der Waals surface area (Å²) in [5.74, 6) is 0.368. The third-order valence-electron chi connectivity index (χ3n) is 2.22. The summed E-state index contributed by atoms with van der Waals surface area (Å²) in [6.07, 6.45) is 0.371. The summed E-state index contributed by atoms with van der Waals surface area (Å²) in [5.41, 5.74) is 0.675. The van der Waals surface area contributed by atoms with E-state index in [1.54, 1.807) is 31.2 Å². The van der Waals surface area contributed by atoms with E-state index in [9.17, 15) is 9.59 Å². The third-order valence-corrected chi connectivity index (χ3v) is 2.22. The molecule has 0 aliphatic rings. The number of nitrogens with one attached hydrogen (secondary N) is 2. The number of ether oxygens (including phenoxy) is 1. The lowest BCUT2D eigenvalue weighted by atomic mass is 10.3. The average Bonchev–Trinajstić information content (AvgIpc) is 2.38. The lowest BCUT2D eigenvalue weighted by molar-refractivity contribution is -0.123. The molecule has 0 bridgehead atoms. The molecule has 5 nitrogen and oxygen atoms in total. The zero-order valence-corrected chi connectivity index (χ0v) is 10.7. The highest BCUT2D eigenvalue weighted by Gasteiger charge is 2.04. The van der Waals surface area contributed by atoms with Crippen LogP contribution in [0.5, 0.6) is 5.75 Å². The van der Waals surface area contributed by atoms with Gasteiger partial charge in [0, 0.05) is 12.1 Å². The molecule has 0 heterocycles. The molecule has 98 valence electrons. The van der Waals surface area contributed by atoms with Crippen LogP contribution in [0.15, 0.2) is 24.3 Å². The molecule has 0 saturated heterocycles. The smallest absolute Gasteiger partial charge is 0.243 e. The molecule has 0 atom stereocenters.